The van der Waals surface area contributed by atoms with E-state index >= 15 is 0 Å². The lowest BCUT2D eigenvalue weighted by molar-refractivity contribution is 0.806. The van der Waals surface area contributed by atoms with E-state index in [2.05, 4.69) is 22.3 Å². The molecule has 0 saturated heterocycles. The van der Waals surface area contributed by atoms with Gasteiger partial charge in [-0.25, -0.2) is 0 Å². The highest BCUT2D eigenvalue weighted by atomic mass is 31.0. The molecular formula is C5H12P-. The predicted molar refractivity (Wildman–Crippen MR) is 33.5 cm³/mol. The number of rotatable bonds is 3. The van der Waals surface area contributed by atoms with Crippen LogP contribution >= 0.6 is 9.24 Å². The first-order valence-electron chi connectivity index (χ1n) is 2.45. The SMILES string of the molecule is CCCC[CH-]P. The highest BCUT2D eigenvalue weighted by Gasteiger charge is 1.66. The van der Waals surface area contributed by atoms with Crippen molar-refractivity contribution >= 4 is 9.24 Å². The van der Waals surface area contributed by atoms with Crippen molar-refractivity contribution in [1.29, 1.82) is 0 Å². The van der Waals surface area contributed by atoms with Crippen LogP contribution in [0, 0.1) is 6.16 Å². The maximum atomic E-state index is 2.60. The van der Waals surface area contributed by atoms with Crippen molar-refractivity contribution in [3.05, 3.63) is 6.16 Å². The van der Waals surface area contributed by atoms with E-state index in [1.807, 2.05) is 0 Å². The first-order chi connectivity index (χ1) is 2.91. The first kappa shape index (κ1) is 6.43. The summed E-state index contributed by atoms with van der Waals surface area (Å²) in [4.78, 5) is 0. The molecule has 0 aliphatic heterocycles. The summed E-state index contributed by atoms with van der Waals surface area (Å²) in [5, 5.41) is 0. The maximum Gasteiger partial charge on any atom is -0.0586 e. The summed E-state index contributed by atoms with van der Waals surface area (Å²) >= 11 is 0. The van der Waals surface area contributed by atoms with E-state index in [0.717, 1.165) is 0 Å². The second-order valence-corrected chi connectivity index (χ2v) is 1.85. The van der Waals surface area contributed by atoms with Gasteiger partial charge in [-0.1, -0.05) is 19.8 Å². The molecular weight excluding hydrogens is 91.0 g/mol. The lowest BCUT2D eigenvalue weighted by Gasteiger charge is -1.97. The van der Waals surface area contributed by atoms with Gasteiger partial charge in [-0.15, -0.1) is 0 Å². The van der Waals surface area contributed by atoms with Gasteiger partial charge in [0, 0.05) is 0 Å². The van der Waals surface area contributed by atoms with Gasteiger partial charge in [-0.3, -0.25) is 9.24 Å². The third-order valence-corrected chi connectivity index (χ3v) is 1.06. The van der Waals surface area contributed by atoms with Crippen LogP contribution < -0.4 is 0 Å². The zero-order valence-corrected chi connectivity index (χ0v) is 5.43. The molecule has 0 radical (unpaired) electrons. The predicted octanol–water partition coefficient (Wildman–Crippen LogP) is 2.21. The summed E-state index contributed by atoms with van der Waals surface area (Å²) in [6.07, 6.45) is 6.03. The molecule has 0 saturated carbocycles. The van der Waals surface area contributed by atoms with E-state index in [-0.39, 0.29) is 0 Å². The van der Waals surface area contributed by atoms with Crippen molar-refractivity contribution in [1.82, 2.24) is 0 Å². The van der Waals surface area contributed by atoms with Crippen molar-refractivity contribution in [2.24, 2.45) is 0 Å². The Morgan fingerprint density at radius 3 is 2.50 bits per heavy atom. The minimum absolute atomic E-state index is 1.25. The number of unbranched alkanes of at least 4 members (excludes halogenated alkanes) is 2. The van der Waals surface area contributed by atoms with Gasteiger partial charge >= 0.3 is 0 Å². The average molecular weight is 103 g/mol. The molecule has 0 aliphatic carbocycles. The van der Waals surface area contributed by atoms with Crippen LogP contribution in [0.5, 0.6) is 0 Å². The van der Waals surface area contributed by atoms with Crippen LogP contribution in [0.2, 0.25) is 0 Å². The Kier molecular flexibility index (Phi) is 5.82. The molecule has 6 heavy (non-hydrogen) atoms. The molecule has 0 rings (SSSR count). The van der Waals surface area contributed by atoms with Crippen LogP contribution in [-0.2, 0) is 0 Å². The van der Waals surface area contributed by atoms with Crippen molar-refractivity contribution in [3.63, 3.8) is 0 Å². The topological polar surface area (TPSA) is 0 Å². The standard InChI is InChI=1S/C5H12P/c1-2-3-4-5-6/h5H,2-4,6H2,1H3/q-1. The molecule has 0 aliphatic rings. The Hall–Kier alpha value is 0.430. The zero-order valence-electron chi connectivity index (χ0n) is 4.28. The summed E-state index contributed by atoms with van der Waals surface area (Å²) in [7, 11) is 2.60. The summed E-state index contributed by atoms with van der Waals surface area (Å²) in [6, 6.07) is 0. The van der Waals surface area contributed by atoms with E-state index in [4.69, 9.17) is 0 Å². The van der Waals surface area contributed by atoms with Crippen LogP contribution in [0.3, 0.4) is 0 Å². The van der Waals surface area contributed by atoms with Gasteiger partial charge in [0.1, 0.15) is 0 Å². The fourth-order valence-electron chi connectivity index (χ4n) is 0.322. The largest absolute Gasteiger partial charge is 0.308 e. The zero-order chi connectivity index (χ0) is 4.83. The molecule has 0 aromatic rings. The Balaban J connectivity index is 2.34. The van der Waals surface area contributed by atoms with E-state index in [9.17, 15) is 0 Å². The second-order valence-electron chi connectivity index (χ2n) is 1.38. The molecule has 0 amide bonds. The minimum atomic E-state index is 1.25. The Morgan fingerprint density at radius 1 is 1.67 bits per heavy atom. The lowest BCUT2D eigenvalue weighted by atomic mass is 10.3. The molecule has 0 bridgehead atoms. The Bertz CT molecular complexity index is 15.9. The van der Waals surface area contributed by atoms with Crippen molar-refractivity contribution in [3.8, 4) is 0 Å². The first-order valence-corrected chi connectivity index (χ1v) is 3.12. The second kappa shape index (κ2) is 5.43. The van der Waals surface area contributed by atoms with Gasteiger partial charge in [0.15, 0.2) is 0 Å². The molecule has 0 aromatic heterocycles. The highest BCUT2D eigenvalue weighted by Crippen LogP contribution is 2.01. The minimum Gasteiger partial charge on any atom is -0.308 e. The maximum absolute atomic E-state index is 2.60. The van der Waals surface area contributed by atoms with E-state index in [0.29, 0.717) is 0 Å². The van der Waals surface area contributed by atoms with Gasteiger partial charge < -0.3 is 6.16 Å². The fourth-order valence-corrected chi connectivity index (χ4v) is 0.558. The third kappa shape index (κ3) is 4.43. The highest BCUT2D eigenvalue weighted by molar-refractivity contribution is 7.19. The normalized spacial score (nSPS) is 9.00. The molecule has 0 nitrogen and oxygen atoms in total. The molecule has 1 atom stereocenters. The number of hydrogen-bond donors (Lipinski definition) is 0. The summed E-state index contributed by atoms with van der Waals surface area (Å²) < 4.78 is 0. The molecule has 1 unspecified atom stereocenters. The lowest BCUT2D eigenvalue weighted by Crippen LogP contribution is -1.64. The molecule has 0 N–H and O–H groups in total. The summed E-state index contributed by atoms with van der Waals surface area (Å²) in [6.45, 7) is 2.20. The van der Waals surface area contributed by atoms with Crippen molar-refractivity contribution in [2.45, 2.75) is 26.2 Å². The van der Waals surface area contributed by atoms with E-state index in [1.165, 1.54) is 19.3 Å². The average Bonchev–Trinajstić information content (AvgIpc) is 1.61. The van der Waals surface area contributed by atoms with Crippen LogP contribution in [-0.4, -0.2) is 0 Å². The fraction of sp³-hybridized carbons (Fsp3) is 0.800. The van der Waals surface area contributed by atoms with Crippen LogP contribution in [0.4, 0.5) is 0 Å². The van der Waals surface area contributed by atoms with Crippen LogP contribution in [0.15, 0.2) is 0 Å². The van der Waals surface area contributed by atoms with E-state index < -0.39 is 0 Å². The van der Waals surface area contributed by atoms with Gasteiger partial charge in [0.2, 0.25) is 0 Å². The monoisotopic (exact) mass is 103 g/mol. The summed E-state index contributed by atoms with van der Waals surface area (Å²) in [5.74, 6) is 0. The van der Waals surface area contributed by atoms with Crippen molar-refractivity contribution in [2.75, 3.05) is 0 Å². The molecule has 0 spiro atoms. The molecule has 38 valence electrons. The van der Waals surface area contributed by atoms with E-state index in [1.54, 1.807) is 0 Å². The van der Waals surface area contributed by atoms with Gasteiger partial charge in [-0.05, 0) is 0 Å². The smallest absolute Gasteiger partial charge is 0.0586 e. The molecule has 0 heterocycles. The Morgan fingerprint density at radius 2 is 2.33 bits per heavy atom. The third-order valence-electron chi connectivity index (χ3n) is 0.724. The van der Waals surface area contributed by atoms with Gasteiger partial charge in [0.25, 0.3) is 0 Å². The van der Waals surface area contributed by atoms with Crippen LogP contribution in [0.25, 0.3) is 0 Å². The number of hydrogen-bond acceptors (Lipinski definition) is 0. The molecule has 0 aromatic carbocycles. The summed E-state index contributed by atoms with van der Waals surface area (Å²) in [5.41, 5.74) is 0. The molecule has 1 heteroatoms. The van der Waals surface area contributed by atoms with Crippen molar-refractivity contribution < 1.29 is 0 Å². The van der Waals surface area contributed by atoms with Gasteiger partial charge in [0.05, 0.1) is 0 Å². The molecule has 0 fully saturated rings. The van der Waals surface area contributed by atoms with Gasteiger partial charge in [-0.2, -0.15) is 6.42 Å². The van der Waals surface area contributed by atoms with Crippen LogP contribution in [0.1, 0.15) is 26.2 Å². The Labute approximate surface area is 42.5 Å². The quantitative estimate of drug-likeness (QED) is 0.292.